The van der Waals surface area contributed by atoms with Crippen LogP contribution in [-0.4, -0.2) is 48.5 Å². The molecule has 3 heteroatoms. The summed E-state index contributed by atoms with van der Waals surface area (Å²) < 4.78 is 5.12. The molecule has 3 nitrogen and oxygen atoms in total. The zero-order valence-electron chi connectivity index (χ0n) is 9.74. The van der Waals surface area contributed by atoms with Crippen molar-refractivity contribution in [2.45, 2.75) is 50.2 Å². The summed E-state index contributed by atoms with van der Waals surface area (Å²) in [5, 5.41) is 10.4. The van der Waals surface area contributed by atoms with Crippen molar-refractivity contribution < 1.29 is 9.84 Å². The second kappa shape index (κ2) is 4.81. The minimum atomic E-state index is -0.393. The number of hydrogen-bond acceptors (Lipinski definition) is 3. The number of rotatable bonds is 6. The van der Waals surface area contributed by atoms with Gasteiger partial charge in [0, 0.05) is 26.2 Å². The van der Waals surface area contributed by atoms with Gasteiger partial charge in [-0.15, -0.1) is 0 Å². The van der Waals surface area contributed by atoms with Crippen LogP contribution in [0.1, 0.15) is 38.5 Å². The Hall–Kier alpha value is -0.120. The van der Waals surface area contributed by atoms with Gasteiger partial charge in [0.05, 0.1) is 12.2 Å². The van der Waals surface area contributed by atoms with E-state index in [1.807, 2.05) is 0 Å². The Morgan fingerprint density at radius 2 is 2.00 bits per heavy atom. The van der Waals surface area contributed by atoms with E-state index in [4.69, 9.17) is 4.74 Å². The van der Waals surface area contributed by atoms with Gasteiger partial charge in [0.1, 0.15) is 0 Å². The van der Waals surface area contributed by atoms with Crippen LogP contribution < -0.4 is 0 Å². The maximum atomic E-state index is 10.4. The Balaban J connectivity index is 1.82. The molecule has 88 valence electrons. The van der Waals surface area contributed by atoms with Crippen molar-refractivity contribution >= 4 is 0 Å². The molecule has 0 atom stereocenters. The van der Waals surface area contributed by atoms with Crippen LogP contribution in [0.25, 0.3) is 0 Å². The molecule has 0 heterocycles. The normalized spacial score (nSPS) is 25.0. The number of aliphatic hydroxyl groups is 1. The first kappa shape index (κ1) is 11.4. The summed E-state index contributed by atoms with van der Waals surface area (Å²) in [4.78, 5) is 2.43. The lowest BCUT2D eigenvalue weighted by Gasteiger charge is -2.31. The van der Waals surface area contributed by atoms with Crippen LogP contribution in [0.15, 0.2) is 0 Å². The lowest BCUT2D eigenvalue weighted by molar-refractivity contribution is 0.000623. The maximum Gasteiger partial charge on any atom is 0.0774 e. The second-order valence-corrected chi connectivity index (χ2v) is 5.13. The summed E-state index contributed by atoms with van der Waals surface area (Å²) in [6.45, 7) is 2.62. The number of hydrogen-bond donors (Lipinski definition) is 1. The minimum Gasteiger partial charge on any atom is -0.389 e. The monoisotopic (exact) mass is 213 g/mol. The molecule has 2 fully saturated rings. The first-order valence-corrected chi connectivity index (χ1v) is 6.19. The van der Waals surface area contributed by atoms with E-state index < -0.39 is 5.60 Å². The van der Waals surface area contributed by atoms with E-state index in [0.29, 0.717) is 0 Å². The fraction of sp³-hybridized carbons (Fsp3) is 1.00. The molecule has 2 rings (SSSR count). The van der Waals surface area contributed by atoms with Crippen molar-refractivity contribution in [2.75, 3.05) is 26.8 Å². The topological polar surface area (TPSA) is 32.7 Å². The maximum absolute atomic E-state index is 10.4. The molecule has 0 aromatic rings. The van der Waals surface area contributed by atoms with E-state index in [1.165, 1.54) is 25.7 Å². The first-order valence-electron chi connectivity index (χ1n) is 6.19. The van der Waals surface area contributed by atoms with Crippen LogP contribution in [0.4, 0.5) is 0 Å². The number of nitrogens with zero attached hydrogens (tertiary/aromatic N) is 1. The third-order valence-electron chi connectivity index (χ3n) is 3.68. The zero-order valence-corrected chi connectivity index (χ0v) is 9.74. The average Bonchev–Trinajstić information content (AvgIpc) is 2.98. The van der Waals surface area contributed by atoms with Crippen molar-refractivity contribution in [3.05, 3.63) is 0 Å². The smallest absolute Gasteiger partial charge is 0.0774 e. The van der Waals surface area contributed by atoms with Crippen molar-refractivity contribution in [3.63, 3.8) is 0 Å². The lowest BCUT2D eigenvalue weighted by Crippen LogP contribution is -2.43. The molecular weight excluding hydrogens is 190 g/mol. The predicted molar refractivity (Wildman–Crippen MR) is 59.9 cm³/mol. The molecule has 0 aromatic carbocycles. The van der Waals surface area contributed by atoms with Crippen LogP contribution in [0.5, 0.6) is 0 Å². The highest BCUT2D eigenvalue weighted by molar-refractivity contribution is 4.92. The van der Waals surface area contributed by atoms with Gasteiger partial charge in [-0.05, 0) is 25.7 Å². The molecule has 0 amide bonds. The van der Waals surface area contributed by atoms with Gasteiger partial charge in [0.15, 0.2) is 0 Å². The highest BCUT2D eigenvalue weighted by Gasteiger charge is 2.37. The fourth-order valence-corrected chi connectivity index (χ4v) is 2.61. The second-order valence-electron chi connectivity index (χ2n) is 5.13. The Morgan fingerprint density at radius 1 is 1.33 bits per heavy atom. The number of ether oxygens (including phenoxy) is 1. The fourth-order valence-electron chi connectivity index (χ4n) is 2.61. The van der Waals surface area contributed by atoms with Crippen molar-refractivity contribution in [2.24, 2.45) is 0 Å². The van der Waals surface area contributed by atoms with Gasteiger partial charge < -0.3 is 9.84 Å². The Kier molecular flexibility index (Phi) is 3.65. The van der Waals surface area contributed by atoms with E-state index in [2.05, 4.69) is 4.90 Å². The first-order chi connectivity index (χ1) is 7.23. The molecule has 0 bridgehead atoms. The quantitative estimate of drug-likeness (QED) is 0.724. The minimum absolute atomic E-state index is 0.393. The van der Waals surface area contributed by atoms with E-state index >= 15 is 0 Å². The summed E-state index contributed by atoms with van der Waals surface area (Å²) in [7, 11) is 1.75. The van der Waals surface area contributed by atoms with Gasteiger partial charge in [-0.25, -0.2) is 0 Å². The third kappa shape index (κ3) is 3.16. The highest BCUT2D eigenvalue weighted by atomic mass is 16.5. The van der Waals surface area contributed by atoms with Crippen LogP contribution in [0, 0.1) is 0 Å². The SMILES string of the molecule is COCCN(CC1(O)CCCC1)C1CC1. The molecule has 0 spiro atoms. The van der Waals surface area contributed by atoms with E-state index in [9.17, 15) is 5.11 Å². The number of methoxy groups -OCH3 is 1. The van der Waals surface area contributed by atoms with Gasteiger partial charge >= 0.3 is 0 Å². The molecule has 1 N–H and O–H groups in total. The Bertz CT molecular complexity index is 198. The van der Waals surface area contributed by atoms with Crippen LogP contribution in [0.2, 0.25) is 0 Å². The zero-order chi connectivity index (χ0) is 10.7. The summed E-state index contributed by atoms with van der Waals surface area (Å²) in [6.07, 6.45) is 6.98. The van der Waals surface area contributed by atoms with Crippen LogP contribution >= 0.6 is 0 Å². The summed E-state index contributed by atoms with van der Waals surface area (Å²) >= 11 is 0. The summed E-state index contributed by atoms with van der Waals surface area (Å²) in [5.74, 6) is 0. The van der Waals surface area contributed by atoms with Crippen LogP contribution in [-0.2, 0) is 4.74 Å². The van der Waals surface area contributed by atoms with Gasteiger partial charge in [-0.1, -0.05) is 12.8 Å². The lowest BCUT2D eigenvalue weighted by atomic mass is 10.0. The molecule has 0 radical (unpaired) electrons. The van der Waals surface area contributed by atoms with Crippen molar-refractivity contribution in [1.29, 1.82) is 0 Å². The standard InChI is InChI=1S/C12H23NO2/c1-15-9-8-13(11-4-5-11)10-12(14)6-2-3-7-12/h11,14H,2-10H2,1H3. The van der Waals surface area contributed by atoms with Gasteiger partial charge in [0.25, 0.3) is 0 Å². The summed E-state index contributed by atoms with van der Waals surface area (Å²) in [5.41, 5.74) is -0.393. The summed E-state index contributed by atoms with van der Waals surface area (Å²) in [6, 6.07) is 0.727. The van der Waals surface area contributed by atoms with Gasteiger partial charge in [-0.3, -0.25) is 4.90 Å². The third-order valence-corrected chi connectivity index (χ3v) is 3.68. The van der Waals surface area contributed by atoms with Crippen LogP contribution in [0.3, 0.4) is 0 Å². The average molecular weight is 213 g/mol. The molecule has 2 aliphatic carbocycles. The molecule has 0 unspecified atom stereocenters. The van der Waals surface area contributed by atoms with Crippen molar-refractivity contribution in [3.8, 4) is 0 Å². The van der Waals surface area contributed by atoms with E-state index in [1.54, 1.807) is 7.11 Å². The molecule has 15 heavy (non-hydrogen) atoms. The van der Waals surface area contributed by atoms with E-state index in [-0.39, 0.29) is 0 Å². The molecule has 2 aliphatic rings. The molecule has 0 saturated heterocycles. The Labute approximate surface area is 92.4 Å². The Morgan fingerprint density at radius 3 is 2.53 bits per heavy atom. The molecule has 2 saturated carbocycles. The van der Waals surface area contributed by atoms with Crippen molar-refractivity contribution in [1.82, 2.24) is 4.90 Å². The van der Waals surface area contributed by atoms with Gasteiger partial charge in [0.2, 0.25) is 0 Å². The largest absolute Gasteiger partial charge is 0.389 e. The van der Waals surface area contributed by atoms with E-state index in [0.717, 1.165) is 38.6 Å². The highest BCUT2D eigenvalue weighted by Crippen LogP contribution is 2.34. The molecular formula is C12H23NO2. The molecule has 0 aromatic heterocycles. The predicted octanol–water partition coefficient (Wildman–Crippen LogP) is 1.40. The molecule has 0 aliphatic heterocycles. The van der Waals surface area contributed by atoms with Gasteiger partial charge in [-0.2, -0.15) is 0 Å².